The first kappa shape index (κ1) is 14.5. The molecule has 0 saturated carbocycles. The maximum atomic E-state index is 11.1. The van der Waals surface area contributed by atoms with E-state index in [0.29, 0.717) is 17.8 Å². The van der Waals surface area contributed by atoms with Gasteiger partial charge in [0.15, 0.2) is 0 Å². The van der Waals surface area contributed by atoms with Crippen LogP contribution < -0.4 is 4.90 Å². The lowest BCUT2D eigenvalue weighted by Gasteiger charge is -2.27. The number of anilines is 1. The lowest BCUT2D eigenvalue weighted by molar-refractivity contribution is -0.384. The molecule has 1 rings (SSSR count). The van der Waals surface area contributed by atoms with Crippen LogP contribution in [-0.4, -0.2) is 17.5 Å². The molecule has 0 aliphatic heterocycles. The Hall–Kier alpha value is -2.60. The van der Waals surface area contributed by atoms with E-state index in [4.69, 9.17) is 10.5 Å². The molecular formula is C13H14N4O2. The fourth-order valence-electron chi connectivity index (χ4n) is 1.80. The minimum atomic E-state index is -0.474. The van der Waals surface area contributed by atoms with Gasteiger partial charge in [-0.15, -0.1) is 0 Å². The van der Waals surface area contributed by atoms with E-state index in [2.05, 4.69) is 0 Å². The highest BCUT2D eigenvalue weighted by Gasteiger charge is 2.21. The molecule has 0 radical (unpaired) electrons. The van der Waals surface area contributed by atoms with Gasteiger partial charge in [0.2, 0.25) is 0 Å². The second-order valence-corrected chi connectivity index (χ2v) is 4.27. The van der Waals surface area contributed by atoms with Gasteiger partial charge >= 0.3 is 0 Å². The third-order valence-corrected chi connectivity index (χ3v) is 2.70. The summed E-state index contributed by atoms with van der Waals surface area (Å²) in [5.74, 6) is 0. The summed E-state index contributed by atoms with van der Waals surface area (Å²) < 4.78 is 0. The number of nitro benzene ring substituents is 1. The molecule has 1 aromatic rings. The van der Waals surface area contributed by atoms with Crippen LogP contribution in [0.2, 0.25) is 0 Å². The lowest BCUT2D eigenvalue weighted by atomic mass is 10.1. The molecule has 0 aliphatic carbocycles. The van der Waals surface area contributed by atoms with Gasteiger partial charge < -0.3 is 4.90 Å². The third-order valence-electron chi connectivity index (χ3n) is 2.70. The van der Waals surface area contributed by atoms with Crippen LogP contribution in [0, 0.1) is 32.8 Å². The molecule has 98 valence electrons. The highest BCUT2D eigenvalue weighted by atomic mass is 16.6. The standard InChI is InChI=1S/C13H14N4O2/c1-10(2)16(7-3-6-14)13-8-11(9-15)4-5-12(13)17(18)19/h4-5,8,10H,3,7H2,1-2H3. The number of hydrogen-bond acceptors (Lipinski definition) is 5. The van der Waals surface area contributed by atoms with Crippen molar-refractivity contribution in [2.24, 2.45) is 0 Å². The summed E-state index contributed by atoms with van der Waals surface area (Å²) in [5, 5.41) is 28.6. The van der Waals surface area contributed by atoms with E-state index in [1.165, 1.54) is 18.2 Å². The Kier molecular flexibility index (Phi) is 4.84. The minimum Gasteiger partial charge on any atom is -0.362 e. The predicted octanol–water partition coefficient (Wildman–Crippen LogP) is 2.59. The molecule has 0 N–H and O–H groups in total. The SMILES string of the molecule is CC(C)N(CCC#N)c1cc(C#N)ccc1[N+](=O)[O-]. The molecule has 0 spiro atoms. The fraction of sp³-hybridized carbons (Fsp3) is 0.385. The summed E-state index contributed by atoms with van der Waals surface area (Å²) in [6.07, 6.45) is 0.270. The maximum absolute atomic E-state index is 11.1. The van der Waals surface area contributed by atoms with Crippen molar-refractivity contribution in [3.8, 4) is 12.1 Å². The summed E-state index contributed by atoms with van der Waals surface area (Å²) in [6, 6.07) is 8.24. The molecule has 0 aromatic heterocycles. The first-order valence-electron chi connectivity index (χ1n) is 5.83. The Morgan fingerprint density at radius 3 is 2.58 bits per heavy atom. The second kappa shape index (κ2) is 6.36. The van der Waals surface area contributed by atoms with Crippen LogP contribution in [0.15, 0.2) is 18.2 Å². The van der Waals surface area contributed by atoms with Crippen molar-refractivity contribution in [2.45, 2.75) is 26.3 Å². The summed E-state index contributed by atoms with van der Waals surface area (Å²) in [7, 11) is 0. The zero-order valence-electron chi connectivity index (χ0n) is 10.8. The van der Waals surface area contributed by atoms with E-state index in [9.17, 15) is 10.1 Å². The van der Waals surface area contributed by atoms with Gasteiger partial charge in [-0.05, 0) is 26.0 Å². The summed E-state index contributed by atoms with van der Waals surface area (Å²) in [4.78, 5) is 12.3. The van der Waals surface area contributed by atoms with Gasteiger partial charge in [0.05, 0.1) is 29.0 Å². The first-order valence-corrected chi connectivity index (χ1v) is 5.83. The van der Waals surface area contributed by atoms with Gasteiger partial charge in [-0.3, -0.25) is 10.1 Å². The van der Waals surface area contributed by atoms with Gasteiger partial charge in [0.25, 0.3) is 5.69 Å². The van der Waals surface area contributed by atoms with Crippen LogP contribution in [0.25, 0.3) is 0 Å². The van der Waals surface area contributed by atoms with Crippen molar-refractivity contribution in [3.05, 3.63) is 33.9 Å². The molecule has 1 aromatic carbocycles. The summed E-state index contributed by atoms with van der Waals surface area (Å²) in [6.45, 7) is 4.17. The van der Waals surface area contributed by atoms with Crippen molar-refractivity contribution < 1.29 is 4.92 Å². The van der Waals surface area contributed by atoms with Crippen LogP contribution in [0.1, 0.15) is 25.8 Å². The average Bonchev–Trinajstić information content (AvgIpc) is 2.38. The zero-order chi connectivity index (χ0) is 14.4. The van der Waals surface area contributed by atoms with Crippen LogP contribution >= 0.6 is 0 Å². The van der Waals surface area contributed by atoms with E-state index >= 15 is 0 Å². The van der Waals surface area contributed by atoms with E-state index in [0.717, 1.165) is 0 Å². The Morgan fingerprint density at radius 2 is 2.11 bits per heavy atom. The number of hydrogen-bond donors (Lipinski definition) is 0. The van der Waals surface area contributed by atoms with Gasteiger partial charge in [-0.1, -0.05) is 0 Å². The van der Waals surface area contributed by atoms with Crippen molar-refractivity contribution >= 4 is 11.4 Å². The maximum Gasteiger partial charge on any atom is 0.292 e. The fourth-order valence-corrected chi connectivity index (χ4v) is 1.80. The molecule has 0 heterocycles. The van der Waals surface area contributed by atoms with Gasteiger partial charge in [0.1, 0.15) is 5.69 Å². The predicted molar refractivity (Wildman–Crippen MR) is 70.5 cm³/mol. The van der Waals surface area contributed by atoms with E-state index in [1.807, 2.05) is 26.0 Å². The largest absolute Gasteiger partial charge is 0.362 e. The van der Waals surface area contributed by atoms with Crippen LogP contribution in [0.3, 0.4) is 0 Å². The monoisotopic (exact) mass is 258 g/mol. The number of nitriles is 2. The molecule has 6 heteroatoms. The normalized spacial score (nSPS) is 9.74. The topological polar surface area (TPSA) is 94.0 Å². The van der Waals surface area contributed by atoms with Crippen LogP contribution in [-0.2, 0) is 0 Å². The second-order valence-electron chi connectivity index (χ2n) is 4.27. The number of nitrogens with zero attached hydrogens (tertiary/aromatic N) is 4. The van der Waals surface area contributed by atoms with Gasteiger partial charge in [-0.2, -0.15) is 10.5 Å². The lowest BCUT2D eigenvalue weighted by Crippen LogP contribution is -2.32. The molecule has 6 nitrogen and oxygen atoms in total. The van der Waals surface area contributed by atoms with Crippen LogP contribution in [0.4, 0.5) is 11.4 Å². The number of nitro groups is 1. The summed E-state index contributed by atoms with van der Waals surface area (Å²) in [5.41, 5.74) is 0.697. The Labute approximate surface area is 111 Å². The zero-order valence-corrected chi connectivity index (χ0v) is 10.8. The van der Waals surface area contributed by atoms with E-state index in [1.54, 1.807) is 4.90 Å². The Morgan fingerprint density at radius 1 is 1.42 bits per heavy atom. The molecule has 0 saturated heterocycles. The Balaban J connectivity index is 3.30. The number of rotatable bonds is 5. The molecule has 0 fully saturated rings. The van der Waals surface area contributed by atoms with Crippen LogP contribution in [0.5, 0.6) is 0 Å². The average molecular weight is 258 g/mol. The van der Waals surface area contributed by atoms with Crippen molar-refractivity contribution in [3.63, 3.8) is 0 Å². The minimum absolute atomic E-state index is 0.000919. The smallest absolute Gasteiger partial charge is 0.292 e. The molecule has 0 amide bonds. The van der Waals surface area contributed by atoms with Crippen molar-refractivity contribution in [1.82, 2.24) is 0 Å². The van der Waals surface area contributed by atoms with E-state index < -0.39 is 4.92 Å². The molecular weight excluding hydrogens is 244 g/mol. The molecule has 0 bridgehead atoms. The number of benzene rings is 1. The Bertz CT molecular complexity index is 555. The van der Waals surface area contributed by atoms with E-state index in [-0.39, 0.29) is 18.2 Å². The van der Waals surface area contributed by atoms with Gasteiger partial charge in [0, 0.05) is 18.7 Å². The molecule has 0 unspecified atom stereocenters. The van der Waals surface area contributed by atoms with Crippen molar-refractivity contribution in [2.75, 3.05) is 11.4 Å². The van der Waals surface area contributed by atoms with Gasteiger partial charge in [-0.25, -0.2) is 0 Å². The molecule has 19 heavy (non-hydrogen) atoms. The first-order chi connectivity index (χ1) is 9.01. The quantitative estimate of drug-likeness (QED) is 0.597. The third kappa shape index (κ3) is 3.43. The molecule has 0 aliphatic rings. The van der Waals surface area contributed by atoms with Crippen molar-refractivity contribution in [1.29, 1.82) is 10.5 Å². The highest BCUT2D eigenvalue weighted by Crippen LogP contribution is 2.30. The summed E-state index contributed by atoms with van der Waals surface area (Å²) >= 11 is 0. The molecule has 0 atom stereocenters. The highest BCUT2D eigenvalue weighted by molar-refractivity contribution is 5.66.